The second kappa shape index (κ2) is 10.2. The van der Waals surface area contributed by atoms with Gasteiger partial charge in [0.05, 0.1) is 18.8 Å². The van der Waals surface area contributed by atoms with Crippen molar-refractivity contribution in [3.8, 4) is 0 Å². The molecule has 0 saturated carbocycles. The van der Waals surface area contributed by atoms with Gasteiger partial charge in [0.1, 0.15) is 0 Å². The lowest BCUT2D eigenvalue weighted by molar-refractivity contribution is 0.799. The molecule has 0 spiro atoms. The van der Waals surface area contributed by atoms with Crippen molar-refractivity contribution in [2.75, 3.05) is 6.54 Å². The van der Waals surface area contributed by atoms with E-state index >= 15 is 0 Å². The Bertz CT molecular complexity index is 584. The van der Waals surface area contributed by atoms with Gasteiger partial charge in [-0.15, -0.1) is 24.0 Å². The van der Waals surface area contributed by atoms with Crippen molar-refractivity contribution in [2.24, 2.45) is 4.99 Å². The van der Waals surface area contributed by atoms with Gasteiger partial charge < -0.3 is 10.6 Å². The summed E-state index contributed by atoms with van der Waals surface area (Å²) in [4.78, 5) is 8.90. The lowest BCUT2D eigenvalue weighted by Gasteiger charge is -2.11. The lowest BCUT2D eigenvalue weighted by Crippen LogP contribution is -2.37. The van der Waals surface area contributed by atoms with Gasteiger partial charge in [0.15, 0.2) is 5.96 Å². The molecule has 118 valence electrons. The lowest BCUT2D eigenvalue weighted by atomic mass is 10.1. The maximum atomic E-state index is 4.61. The van der Waals surface area contributed by atoms with Gasteiger partial charge in [0.25, 0.3) is 0 Å². The Hall–Kier alpha value is -1.63. The number of aromatic nitrogens is 1. The predicted molar refractivity (Wildman–Crippen MR) is 102 cm³/mol. The molecule has 1 heterocycles. The van der Waals surface area contributed by atoms with Crippen molar-refractivity contribution < 1.29 is 0 Å². The topological polar surface area (TPSA) is 49.3 Å². The van der Waals surface area contributed by atoms with E-state index < -0.39 is 0 Å². The van der Waals surface area contributed by atoms with E-state index in [0.717, 1.165) is 18.2 Å². The average Bonchev–Trinajstić information content (AvgIpc) is 2.51. The van der Waals surface area contributed by atoms with Crippen LogP contribution in [0.1, 0.15) is 23.7 Å². The van der Waals surface area contributed by atoms with Crippen LogP contribution in [-0.2, 0) is 13.1 Å². The molecule has 4 nitrogen and oxygen atoms in total. The van der Waals surface area contributed by atoms with E-state index in [-0.39, 0.29) is 24.0 Å². The van der Waals surface area contributed by atoms with Crippen LogP contribution in [-0.4, -0.2) is 17.5 Å². The highest BCUT2D eigenvalue weighted by Crippen LogP contribution is 2.05. The van der Waals surface area contributed by atoms with E-state index in [1.165, 1.54) is 11.1 Å². The SMILES string of the molecule is CCNC(=NCc1cccc(C)c1)NCc1ccccn1.I. The molecule has 1 aromatic carbocycles. The van der Waals surface area contributed by atoms with Gasteiger partial charge in [-0.2, -0.15) is 0 Å². The molecule has 22 heavy (non-hydrogen) atoms. The summed E-state index contributed by atoms with van der Waals surface area (Å²) < 4.78 is 0. The zero-order valence-corrected chi connectivity index (χ0v) is 15.4. The van der Waals surface area contributed by atoms with E-state index in [0.29, 0.717) is 13.1 Å². The van der Waals surface area contributed by atoms with E-state index in [2.05, 4.69) is 58.7 Å². The van der Waals surface area contributed by atoms with Gasteiger partial charge in [-0.05, 0) is 31.5 Å². The molecule has 0 saturated heterocycles. The molecule has 0 bridgehead atoms. The smallest absolute Gasteiger partial charge is 0.191 e. The highest BCUT2D eigenvalue weighted by atomic mass is 127. The quantitative estimate of drug-likeness (QED) is 0.452. The molecule has 0 unspecified atom stereocenters. The third kappa shape index (κ3) is 6.43. The minimum atomic E-state index is 0. The fourth-order valence-corrected chi connectivity index (χ4v) is 2.00. The fraction of sp³-hybridized carbons (Fsp3) is 0.294. The standard InChI is InChI=1S/C17H22N4.HI/c1-3-18-17(21-13-16-9-4-5-10-19-16)20-12-15-8-6-7-14(2)11-15;/h4-11H,3,12-13H2,1-2H3,(H2,18,20,21);1H. The number of aliphatic imine (C=N–C) groups is 1. The Morgan fingerprint density at radius 2 is 2.00 bits per heavy atom. The van der Waals surface area contributed by atoms with Crippen LogP contribution in [0, 0.1) is 6.92 Å². The van der Waals surface area contributed by atoms with Gasteiger partial charge in [-0.1, -0.05) is 35.9 Å². The molecule has 0 amide bonds. The summed E-state index contributed by atoms with van der Waals surface area (Å²) in [6, 6.07) is 14.3. The Morgan fingerprint density at radius 3 is 2.68 bits per heavy atom. The maximum Gasteiger partial charge on any atom is 0.191 e. The number of hydrogen-bond acceptors (Lipinski definition) is 2. The van der Waals surface area contributed by atoms with Gasteiger partial charge in [-0.3, -0.25) is 4.98 Å². The van der Waals surface area contributed by atoms with Crippen molar-refractivity contribution in [2.45, 2.75) is 26.9 Å². The molecule has 0 fully saturated rings. The van der Waals surface area contributed by atoms with Crippen LogP contribution < -0.4 is 10.6 Å². The summed E-state index contributed by atoms with van der Waals surface area (Å²) in [7, 11) is 0. The van der Waals surface area contributed by atoms with Gasteiger partial charge in [0.2, 0.25) is 0 Å². The Kier molecular flexibility index (Phi) is 8.50. The summed E-state index contributed by atoms with van der Waals surface area (Å²) in [6.45, 7) is 6.32. The van der Waals surface area contributed by atoms with E-state index in [9.17, 15) is 0 Å². The van der Waals surface area contributed by atoms with Crippen LogP contribution in [0.2, 0.25) is 0 Å². The molecular weight excluding hydrogens is 387 g/mol. The molecule has 0 atom stereocenters. The largest absolute Gasteiger partial charge is 0.357 e. The zero-order valence-electron chi connectivity index (χ0n) is 13.0. The second-order valence-corrected chi connectivity index (χ2v) is 4.86. The van der Waals surface area contributed by atoms with Crippen LogP contribution in [0.25, 0.3) is 0 Å². The first-order valence-electron chi connectivity index (χ1n) is 7.25. The number of guanidine groups is 1. The van der Waals surface area contributed by atoms with Gasteiger partial charge >= 0.3 is 0 Å². The number of nitrogens with zero attached hydrogens (tertiary/aromatic N) is 2. The summed E-state index contributed by atoms with van der Waals surface area (Å²) >= 11 is 0. The molecule has 2 rings (SSSR count). The van der Waals surface area contributed by atoms with E-state index in [1.54, 1.807) is 6.20 Å². The van der Waals surface area contributed by atoms with Gasteiger partial charge in [-0.25, -0.2) is 4.99 Å². The highest BCUT2D eigenvalue weighted by Gasteiger charge is 1.99. The number of rotatable bonds is 5. The molecule has 0 aliphatic carbocycles. The number of halogens is 1. The van der Waals surface area contributed by atoms with Crippen molar-refractivity contribution >= 4 is 29.9 Å². The van der Waals surface area contributed by atoms with Crippen molar-refractivity contribution in [1.29, 1.82) is 0 Å². The zero-order chi connectivity index (χ0) is 14.9. The minimum absolute atomic E-state index is 0. The molecule has 5 heteroatoms. The molecule has 0 aliphatic heterocycles. The number of nitrogens with one attached hydrogen (secondary N) is 2. The molecular formula is C17H23IN4. The van der Waals surface area contributed by atoms with Crippen molar-refractivity contribution in [3.63, 3.8) is 0 Å². The maximum absolute atomic E-state index is 4.61. The van der Waals surface area contributed by atoms with Crippen LogP contribution in [0.4, 0.5) is 0 Å². The summed E-state index contributed by atoms with van der Waals surface area (Å²) in [6.07, 6.45) is 1.80. The Labute approximate surface area is 149 Å². The summed E-state index contributed by atoms with van der Waals surface area (Å²) in [5.41, 5.74) is 3.47. The minimum Gasteiger partial charge on any atom is -0.357 e. The number of benzene rings is 1. The number of pyridine rings is 1. The molecule has 2 aromatic rings. The fourth-order valence-electron chi connectivity index (χ4n) is 2.00. The normalized spacial score (nSPS) is 10.7. The van der Waals surface area contributed by atoms with E-state index in [1.807, 2.05) is 18.2 Å². The molecule has 0 radical (unpaired) electrons. The van der Waals surface area contributed by atoms with Crippen LogP contribution in [0.3, 0.4) is 0 Å². The Balaban J connectivity index is 0.00000242. The number of aryl methyl sites for hydroxylation is 1. The monoisotopic (exact) mass is 410 g/mol. The summed E-state index contributed by atoms with van der Waals surface area (Å²) in [5, 5.41) is 6.55. The summed E-state index contributed by atoms with van der Waals surface area (Å²) in [5.74, 6) is 0.810. The van der Waals surface area contributed by atoms with Crippen LogP contribution in [0.15, 0.2) is 53.7 Å². The predicted octanol–water partition coefficient (Wildman–Crippen LogP) is 3.26. The third-order valence-corrected chi connectivity index (χ3v) is 3.01. The van der Waals surface area contributed by atoms with Gasteiger partial charge in [0, 0.05) is 12.7 Å². The second-order valence-electron chi connectivity index (χ2n) is 4.86. The van der Waals surface area contributed by atoms with E-state index in [4.69, 9.17) is 0 Å². The molecule has 0 aliphatic rings. The van der Waals surface area contributed by atoms with Crippen molar-refractivity contribution in [3.05, 3.63) is 65.5 Å². The third-order valence-electron chi connectivity index (χ3n) is 3.01. The Morgan fingerprint density at radius 1 is 1.14 bits per heavy atom. The first-order valence-corrected chi connectivity index (χ1v) is 7.25. The first kappa shape index (κ1) is 18.4. The first-order chi connectivity index (χ1) is 10.3. The van der Waals surface area contributed by atoms with Crippen LogP contribution >= 0.6 is 24.0 Å². The molecule has 2 N–H and O–H groups in total. The average molecular weight is 410 g/mol. The molecule has 1 aromatic heterocycles. The highest BCUT2D eigenvalue weighted by molar-refractivity contribution is 14.0. The van der Waals surface area contributed by atoms with Crippen molar-refractivity contribution in [1.82, 2.24) is 15.6 Å². The van der Waals surface area contributed by atoms with Crippen LogP contribution in [0.5, 0.6) is 0 Å². The number of hydrogen-bond donors (Lipinski definition) is 2.